The molecular weight excluding hydrogens is 238 g/mol. The van der Waals surface area contributed by atoms with Crippen LogP contribution >= 0.6 is 0 Å². The smallest absolute Gasteiger partial charge is 0.331 e. The number of rotatable bonds is 8. The zero-order valence-corrected chi connectivity index (χ0v) is 11.7. The van der Waals surface area contributed by atoms with Crippen LogP contribution in [-0.2, 0) is 4.79 Å². The molecule has 0 aliphatic rings. The summed E-state index contributed by atoms with van der Waals surface area (Å²) >= 11 is 0. The molecule has 1 aromatic rings. The Bertz CT molecular complexity index is 412. The molecular formula is C16H23NO2. The highest BCUT2D eigenvalue weighted by atomic mass is 16.4. The molecule has 0 aliphatic carbocycles. The summed E-state index contributed by atoms with van der Waals surface area (Å²) in [6.45, 7) is 5.58. The lowest BCUT2D eigenvalue weighted by molar-refractivity contribution is -0.132. The fraction of sp³-hybridized carbons (Fsp3) is 0.438. The summed E-state index contributed by atoms with van der Waals surface area (Å²) in [5.41, 5.74) is 1.82. The van der Waals surface area contributed by atoms with Gasteiger partial charge in [-0.3, -0.25) is 0 Å². The van der Waals surface area contributed by atoms with Crippen LogP contribution in [0.3, 0.4) is 0 Å². The zero-order chi connectivity index (χ0) is 14.1. The van der Waals surface area contributed by atoms with Crippen molar-refractivity contribution in [2.75, 3.05) is 13.1 Å². The summed E-state index contributed by atoms with van der Waals surface area (Å²) in [6, 6.07) is 10.4. The summed E-state index contributed by atoms with van der Waals surface area (Å²) in [5.74, 6) is -0.301. The van der Waals surface area contributed by atoms with Gasteiger partial charge in [-0.1, -0.05) is 50.3 Å². The Morgan fingerprint density at radius 1 is 1.37 bits per heavy atom. The molecule has 0 radical (unpaired) electrons. The molecule has 0 saturated carbocycles. The standard InChI is InChI=1S/C16H23NO2/c1-3-14(16(18)19)10-12-17-11-9-13(2)15-7-5-4-6-8-15/h4-8,10,13,17H,3,9,11-12H2,1-2H3,(H,18,19)/b14-10-. The van der Waals surface area contributed by atoms with E-state index < -0.39 is 5.97 Å². The Labute approximate surface area is 115 Å². The first kappa shape index (κ1) is 15.4. The van der Waals surface area contributed by atoms with Crippen molar-refractivity contribution in [3.63, 3.8) is 0 Å². The van der Waals surface area contributed by atoms with E-state index in [4.69, 9.17) is 5.11 Å². The van der Waals surface area contributed by atoms with Gasteiger partial charge in [-0.25, -0.2) is 4.79 Å². The molecule has 0 saturated heterocycles. The molecule has 1 aromatic carbocycles. The quantitative estimate of drug-likeness (QED) is 0.558. The number of benzene rings is 1. The van der Waals surface area contributed by atoms with Crippen LogP contribution in [-0.4, -0.2) is 24.2 Å². The summed E-state index contributed by atoms with van der Waals surface area (Å²) in [4.78, 5) is 10.8. The van der Waals surface area contributed by atoms with Gasteiger partial charge in [0.15, 0.2) is 0 Å². The maximum Gasteiger partial charge on any atom is 0.331 e. The second-order valence-electron chi connectivity index (χ2n) is 4.69. The SMILES string of the molecule is CC/C(=C/CNCCC(C)c1ccccc1)C(=O)O. The number of nitrogens with one attached hydrogen (secondary N) is 1. The number of aliphatic carboxylic acids is 1. The third-order valence-electron chi connectivity index (χ3n) is 3.27. The maximum atomic E-state index is 10.8. The van der Waals surface area contributed by atoms with Crippen LogP contribution < -0.4 is 5.32 Å². The Kier molecular flexibility index (Phi) is 6.90. The van der Waals surface area contributed by atoms with Crippen molar-refractivity contribution in [1.29, 1.82) is 0 Å². The topological polar surface area (TPSA) is 49.3 Å². The number of hydrogen-bond donors (Lipinski definition) is 2. The fourth-order valence-electron chi connectivity index (χ4n) is 1.95. The minimum atomic E-state index is -0.818. The molecule has 0 aromatic heterocycles. The average molecular weight is 261 g/mol. The van der Waals surface area contributed by atoms with Gasteiger partial charge in [-0.15, -0.1) is 0 Å². The second kappa shape index (κ2) is 8.48. The van der Waals surface area contributed by atoms with E-state index in [2.05, 4.69) is 36.5 Å². The summed E-state index contributed by atoms with van der Waals surface area (Å²) < 4.78 is 0. The molecule has 0 heterocycles. The molecule has 0 aliphatic heterocycles. The van der Waals surface area contributed by atoms with E-state index in [0.29, 0.717) is 24.5 Å². The van der Waals surface area contributed by atoms with Gasteiger partial charge in [0.05, 0.1) is 0 Å². The van der Waals surface area contributed by atoms with Crippen LogP contribution in [0.4, 0.5) is 0 Å². The third kappa shape index (κ3) is 5.71. The van der Waals surface area contributed by atoms with Crippen LogP contribution in [0.2, 0.25) is 0 Å². The van der Waals surface area contributed by atoms with E-state index in [-0.39, 0.29) is 0 Å². The van der Waals surface area contributed by atoms with Crippen LogP contribution in [0.15, 0.2) is 42.0 Å². The molecule has 1 atom stereocenters. The fourth-order valence-corrected chi connectivity index (χ4v) is 1.95. The van der Waals surface area contributed by atoms with Crippen molar-refractivity contribution < 1.29 is 9.90 Å². The van der Waals surface area contributed by atoms with Crippen LogP contribution in [0.1, 0.15) is 38.2 Å². The number of carbonyl (C=O) groups is 1. The van der Waals surface area contributed by atoms with Gasteiger partial charge >= 0.3 is 5.97 Å². The highest BCUT2D eigenvalue weighted by Crippen LogP contribution is 2.17. The van der Waals surface area contributed by atoms with Crippen molar-refractivity contribution in [2.45, 2.75) is 32.6 Å². The van der Waals surface area contributed by atoms with Crippen LogP contribution in [0, 0.1) is 0 Å². The zero-order valence-electron chi connectivity index (χ0n) is 11.7. The number of carboxylic acids is 1. The van der Waals surface area contributed by atoms with Crippen molar-refractivity contribution in [2.24, 2.45) is 0 Å². The highest BCUT2D eigenvalue weighted by molar-refractivity contribution is 5.86. The molecule has 3 heteroatoms. The minimum Gasteiger partial charge on any atom is -0.478 e. The molecule has 1 rings (SSSR count). The van der Waals surface area contributed by atoms with Gasteiger partial charge < -0.3 is 10.4 Å². The lowest BCUT2D eigenvalue weighted by atomic mass is 9.98. The molecule has 0 bridgehead atoms. The van der Waals surface area contributed by atoms with Gasteiger partial charge in [0.25, 0.3) is 0 Å². The minimum absolute atomic E-state index is 0.476. The Balaban J connectivity index is 2.26. The average Bonchev–Trinajstić information content (AvgIpc) is 2.43. The molecule has 0 fully saturated rings. The van der Waals surface area contributed by atoms with E-state index in [9.17, 15) is 4.79 Å². The van der Waals surface area contributed by atoms with Crippen molar-refractivity contribution in [3.05, 3.63) is 47.5 Å². The molecule has 104 valence electrons. The molecule has 0 spiro atoms. The first-order valence-electron chi connectivity index (χ1n) is 6.83. The molecule has 1 unspecified atom stereocenters. The summed E-state index contributed by atoms with van der Waals surface area (Å²) in [6.07, 6.45) is 3.37. The normalized spacial score (nSPS) is 13.3. The van der Waals surface area contributed by atoms with E-state index in [1.807, 2.05) is 13.0 Å². The van der Waals surface area contributed by atoms with Gasteiger partial charge in [0.1, 0.15) is 0 Å². The predicted molar refractivity (Wildman–Crippen MR) is 78.4 cm³/mol. The van der Waals surface area contributed by atoms with Gasteiger partial charge in [-0.05, 0) is 30.9 Å². The summed E-state index contributed by atoms with van der Waals surface area (Å²) in [5, 5.41) is 12.1. The lowest BCUT2D eigenvalue weighted by Gasteiger charge is -2.11. The summed E-state index contributed by atoms with van der Waals surface area (Å²) in [7, 11) is 0. The van der Waals surface area contributed by atoms with E-state index >= 15 is 0 Å². The predicted octanol–water partition coefficient (Wildman–Crippen LogP) is 3.19. The lowest BCUT2D eigenvalue weighted by Crippen LogP contribution is -2.18. The third-order valence-corrected chi connectivity index (χ3v) is 3.27. The Morgan fingerprint density at radius 2 is 2.05 bits per heavy atom. The molecule has 19 heavy (non-hydrogen) atoms. The largest absolute Gasteiger partial charge is 0.478 e. The van der Waals surface area contributed by atoms with Crippen molar-refractivity contribution in [3.8, 4) is 0 Å². The van der Waals surface area contributed by atoms with Crippen molar-refractivity contribution >= 4 is 5.97 Å². The van der Waals surface area contributed by atoms with E-state index in [0.717, 1.165) is 13.0 Å². The van der Waals surface area contributed by atoms with Gasteiger partial charge in [0.2, 0.25) is 0 Å². The Hall–Kier alpha value is -1.61. The van der Waals surface area contributed by atoms with E-state index in [1.165, 1.54) is 5.56 Å². The maximum absolute atomic E-state index is 10.8. The first-order valence-corrected chi connectivity index (χ1v) is 6.83. The van der Waals surface area contributed by atoms with Gasteiger partial charge in [0, 0.05) is 12.1 Å². The number of hydrogen-bond acceptors (Lipinski definition) is 2. The van der Waals surface area contributed by atoms with Crippen LogP contribution in [0.25, 0.3) is 0 Å². The first-order chi connectivity index (χ1) is 9.15. The highest BCUT2D eigenvalue weighted by Gasteiger charge is 2.04. The van der Waals surface area contributed by atoms with Crippen molar-refractivity contribution in [1.82, 2.24) is 5.32 Å². The molecule has 3 nitrogen and oxygen atoms in total. The number of carboxylic acid groups (broad SMARTS) is 1. The van der Waals surface area contributed by atoms with E-state index in [1.54, 1.807) is 6.08 Å². The Morgan fingerprint density at radius 3 is 2.63 bits per heavy atom. The monoisotopic (exact) mass is 261 g/mol. The molecule has 0 amide bonds. The molecule has 2 N–H and O–H groups in total. The van der Waals surface area contributed by atoms with Crippen LogP contribution in [0.5, 0.6) is 0 Å². The second-order valence-corrected chi connectivity index (χ2v) is 4.69. The van der Waals surface area contributed by atoms with Gasteiger partial charge in [-0.2, -0.15) is 0 Å².